The average Bonchev–Trinajstić information content (AvgIpc) is 2.62. The predicted molar refractivity (Wildman–Crippen MR) is 348 cm³/mol. The number of benzene rings is 9. The molecule has 0 spiro atoms. The quantitative estimate of drug-likeness (QED) is 0.163. The van der Waals surface area contributed by atoms with E-state index in [1.165, 1.54) is 155 Å². The topological polar surface area (TPSA) is 9.72 Å². The molecule has 0 N–H and O–H groups in total. The predicted octanol–water partition coefficient (Wildman–Crippen LogP) is 19.6. The van der Waals surface area contributed by atoms with E-state index < -0.39 is 0 Å². The van der Waals surface area contributed by atoms with Crippen LogP contribution in [0.2, 0.25) is 0 Å². The molecule has 11 aromatic rings. The number of hydrogen-bond donors (Lipinski definition) is 0. The van der Waals surface area contributed by atoms with Gasteiger partial charge in [-0.15, -0.1) is 22.7 Å². The number of thiophene rings is 2. The fourth-order valence-electron chi connectivity index (χ4n) is 16.0. The second-order valence-electron chi connectivity index (χ2n) is 27.0. The van der Waals surface area contributed by atoms with Gasteiger partial charge in [0.1, 0.15) is 0 Å². The van der Waals surface area contributed by atoms with Gasteiger partial charge in [-0.05, 0) is 165 Å². The maximum atomic E-state index is 2.84. The molecule has 9 aromatic carbocycles. The third-order valence-electron chi connectivity index (χ3n) is 20.6. The van der Waals surface area contributed by atoms with Gasteiger partial charge >= 0.3 is 0 Å². The molecule has 0 amide bonds. The molecule has 80 heavy (non-hydrogen) atoms. The van der Waals surface area contributed by atoms with Crippen LogP contribution in [-0.4, -0.2) is 12.3 Å². The zero-order valence-corrected chi connectivity index (χ0v) is 49.4. The molecule has 3 aliphatic heterocycles. The Labute approximate surface area is 480 Å². The molecule has 3 nitrogen and oxygen atoms in total. The van der Waals surface area contributed by atoms with Crippen molar-refractivity contribution in [2.45, 2.75) is 128 Å². The molecule has 16 rings (SSSR count). The first-order chi connectivity index (χ1) is 38.5. The number of hydrogen-bond acceptors (Lipinski definition) is 5. The van der Waals surface area contributed by atoms with Crippen molar-refractivity contribution in [2.24, 2.45) is 0 Å². The summed E-state index contributed by atoms with van der Waals surface area (Å²) in [7, 11) is 0. The Morgan fingerprint density at radius 3 is 1.80 bits per heavy atom. The van der Waals surface area contributed by atoms with Gasteiger partial charge in [-0.1, -0.05) is 177 Å². The van der Waals surface area contributed by atoms with Gasteiger partial charge in [-0.25, -0.2) is 0 Å². The lowest BCUT2D eigenvalue weighted by Gasteiger charge is -2.51. The SMILES string of the molecule is CC(C)(C)c1ccc(N2c3cc4sc5ccccc5c4cc3B3c4cc5c(cc4N(c4cccc6sc7ccccc7c46)c4cc(N6c7ccccc7C7(C)CCCCC67C)cc2c43)C(C)(C)CCC5(C)C)c(-c2ccccc2)c1. The highest BCUT2D eigenvalue weighted by Gasteiger charge is 2.58. The number of para-hydroxylation sites is 1. The van der Waals surface area contributed by atoms with Crippen molar-refractivity contribution >= 4 is 132 Å². The standard InChI is InChI=1S/C74H68BN3S2/c1-70(2,3)46-32-33-57(50(38-46)45-22-11-10-12-23-45)76-61-44-67-51(48-24-13-17-29-64(48)80-67)41-55(61)75-56-42-53-54(72(6,7)37-36-71(53,4)5)43-60(56)77(59-28-21-31-66-68(59)49-25-14-18-30-65(49)79-66)63-40-47(39-62(76)69(63)75)78-58-27-16-15-26-52(58)73(8)34-19-20-35-74(73,78)9/h10-18,21-33,38-44H,19-20,34-37H2,1-9H3. The first kappa shape index (κ1) is 48.8. The fourth-order valence-corrected chi connectivity index (χ4v) is 18.2. The Kier molecular flexibility index (Phi) is 10.2. The Bertz CT molecular complexity index is 4440. The van der Waals surface area contributed by atoms with Crippen molar-refractivity contribution in [3.63, 3.8) is 0 Å². The molecule has 0 bridgehead atoms. The third kappa shape index (κ3) is 6.67. The Balaban J connectivity index is 1.10. The average molecular weight is 1070 g/mol. The van der Waals surface area contributed by atoms with E-state index in [-0.39, 0.29) is 33.9 Å². The van der Waals surface area contributed by atoms with E-state index in [0.717, 1.165) is 19.3 Å². The lowest BCUT2D eigenvalue weighted by molar-refractivity contribution is 0.195. The van der Waals surface area contributed by atoms with Gasteiger partial charge in [-0.3, -0.25) is 0 Å². The lowest BCUT2D eigenvalue weighted by atomic mass is 9.33. The minimum Gasteiger partial charge on any atom is -0.334 e. The van der Waals surface area contributed by atoms with E-state index in [1.54, 1.807) is 0 Å². The van der Waals surface area contributed by atoms with Gasteiger partial charge in [0, 0.05) is 80.1 Å². The molecule has 0 saturated heterocycles. The first-order valence-corrected chi connectivity index (χ1v) is 31.1. The highest BCUT2D eigenvalue weighted by molar-refractivity contribution is 7.26. The highest BCUT2D eigenvalue weighted by Crippen LogP contribution is 2.62. The monoisotopic (exact) mass is 1070 g/mol. The van der Waals surface area contributed by atoms with Crippen LogP contribution in [-0.2, 0) is 21.7 Å². The summed E-state index contributed by atoms with van der Waals surface area (Å²) in [6.07, 6.45) is 7.06. The van der Waals surface area contributed by atoms with Crippen LogP contribution < -0.4 is 31.1 Å². The first-order valence-electron chi connectivity index (χ1n) is 29.4. The molecule has 5 aliphatic rings. The molecule has 2 atom stereocenters. The van der Waals surface area contributed by atoms with Crippen molar-refractivity contribution in [2.75, 3.05) is 14.7 Å². The van der Waals surface area contributed by atoms with Crippen LogP contribution in [0.4, 0.5) is 45.5 Å². The zero-order valence-electron chi connectivity index (χ0n) is 47.7. The second kappa shape index (κ2) is 16.7. The molecular weight excluding hydrogens is 1010 g/mol. The lowest BCUT2D eigenvalue weighted by Crippen LogP contribution is -2.62. The van der Waals surface area contributed by atoms with Crippen molar-refractivity contribution in [3.8, 4) is 11.1 Å². The summed E-state index contributed by atoms with van der Waals surface area (Å²) in [6, 6.07) is 69.4. The minimum absolute atomic E-state index is 0.00290. The zero-order chi connectivity index (χ0) is 54.4. The van der Waals surface area contributed by atoms with Gasteiger partial charge in [-0.2, -0.15) is 0 Å². The third-order valence-corrected chi connectivity index (χ3v) is 22.9. The van der Waals surface area contributed by atoms with Crippen LogP contribution in [0.25, 0.3) is 51.5 Å². The minimum atomic E-state index is -0.158. The summed E-state index contributed by atoms with van der Waals surface area (Å²) in [5.41, 5.74) is 22.4. The number of rotatable bonds is 4. The molecule has 2 aromatic heterocycles. The van der Waals surface area contributed by atoms with Gasteiger partial charge in [0.05, 0.1) is 16.9 Å². The van der Waals surface area contributed by atoms with Crippen LogP contribution in [0.5, 0.6) is 0 Å². The molecule has 394 valence electrons. The second-order valence-corrected chi connectivity index (χ2v) is 29.2. The van der Waals surface area contributed by atoms with Crippen LogP contribution in [0.15, 0.2) is 176 Å². The van der Waals surface area contributed by atoms with Crippen LogP contribution in [0.3, 0.4) is 0 Å². The fraction of sp³-hybridized carbons (Fsp3) is 0.270. The van der Waals surface area contributed by atoms with Crippen molar-refractivity contribution in [1.82, 2.24) is 0 Å². The number of nitrogens with zero attached hydrogens (tertiary/aromatic N) is 3. The summed E-state index contributed by atoms with van der Waals surface area (Å²) >= 11 is 3.86. The Morgan fingerprint density at radius 2 is 1.04 bits per heavy atom. The van der Waals surface area contributed by atoms with E-state index in [9.17, 15) is 0 Å². The van der Waals surface area contributed by atoms with Crippen LogP contribution in [0, 0.1) is 0 Å². The maximum Gasteiger partial charge on any atom is 0.252 e. The van der Waals surface area contributed by atoms with Gasteiger partial charge in [0.25, 0.3) is 6.71 Å². The van der Waals surface area contributed by atoms with Crippen molar-refractivity contribution < 1.29 is 0 Å². The van der Waals surface area contributed by atoms with Crippen LogP contribution >= 0.6 is 22.7 Å². The summed E-state index contributed by atoms with van der Waals surface area (Å²) in [6.45, 7) is 22.2. The molecule has 1 saturated carbocycles. The molecule has 5 heterocycles. The molecule has 2 aliphatic carbocycles. The largest absolute Gasteiger partial charge is 0.334 e. The van der Waals surface area contributed by atoms with E-state index in [0.29, 0.717) is 0 Å². The van der Waals surface area contributed by atoms with Crippen LogP contribution in [0.1, 0.15) is 123 Å². The molecule has 0 radical (unpaired) electrons. The maximum absolute atomic E-state index is 2.84. The van der Waals surface area contributed by atoms with E-state index in [2.05, 4.69) is 253 Å². The van der Waals surface area contributed by atoms with E-state index in [1.807, 2.05) is 22.7 Å². The van der Waals surface area contributed by atoms with Crippen molar-refractivity contribution in [1.29, 1.82) is 0 Å². The molecule has 6 heteroatoms. The van der Waals surface area contributed by atoms with Gasteiger partial charge < -0.3 is 14.7 Å². The van der Waals surface area contributed by atoms with E-state index in [4.69, 9.17) is 0 Å². The highest BCUT2D eigenvalue weighted by atomic mass is 32.1. The smallest absolute Gasteiger partial charge is 0.252 e. The van der Waals surface area contributed by atoms with Gasteiger partial charge in [0.2, 0.25) is 0 Å². The summed E-state index contributed by atoms with van der Waals surface area (Å²) < 4.78 is 5.30. The number of fused-ring (bicyclic) bond motifs is 14. The normalized spacial score (nSPS) is 20.5. The summed E-state index contributed by atoms with van der Waals surface area (Å²) in [5.74, 6) is 0. The number of anilines is 8. The van der Waals surface area contributed by atoms with E-state index >= 15 is 0 Å². The van der Waals surface area contributed by atoms with Crippen molar-refractivity contribution in [3.05, 3.63) is 198 Å². The Hall–Kier alpha value is -7.12. The Morgan fingerprint density at radius 1 is 0.438 bits per heavy atom. The molecule has 1 fully saturated rings. The molecule has 2 unspecified atom stereocenters. The van der Waals surface area contributed by atoms with Gasteiger partial charge in [0.15, 0.2) is 0 Å². The summed E-state index contributed by atoms with van der Waals surface area (Å²) in [4.78, 5) is 8.36. The summed E-state index contributed by atoms with van der Waals surface area (Å²) in [5, 5.41) is 5.32. The molecular formula is C74H68BN3S2.